The van der Waals surface area contributed by atoms with Crippen LogP contribution in [0.2, 0.25) is 0 Å². The van der Waals surface area contributed by atoms with Gasteiger partial charge in [0, 0.05) is 31.3 Å². The summed E-state index contributed by atoms with van der Waals surface area (Å²) >= 11 is 0. The number of rotatable bonds is 4. The van der Waals surface area contributed by atoms with Crippen molar-refractivity contribution < 1.29 is 4.79 Å². The predicted molar refractivity (Wildman–Crippen MR) is 53.4 cm³/mol. The van der Waals surface area contributed by atoms with E-state index in [1.807, 2.05) is 0 Å². The topological polar surface area (TPSA) is 60.7 Å². The molecule has 0 amide bonds. The Morgan fingerprint density at radius 3 is 2.87 bits per heavy atom. The molecule has 0 aromatic carbocycles. The first-order chi connectivity index (χ1) is 7.40. The molecule has 0 bridgehead atoms. The third kappa shape index (κ3) is 2.25. The average Bonchev–Trinajstić information content (AvgIpc) is 2.75. The van der Waals surface area contributed by atoms with Crippen LogP contribution in [0.3, 0.4) is 0 Å². The van der Waals surface area contributed by atoms with E-state index >= 15 is 0 Å². The lowest BCUT2D eigenvalue weighted by molar-refractivity contribution is 0.111. The number of carbonyl (C=O) groups excluding carboxylic acids is 1. The van der Waals surface area contributed by atoms with E-state index in [9.17, 15) is 4.79 Å². The van der Waals surface area contributed by atoms with E-state index in [0.29, 0.717) is 12.4 Å². The Morgan fingerprint density at radius 1 is 1.33 bits per heavy atom. The molecule has 15 heavy (non-hydrogen) atoms. The van der Waals surface area contributed by atoms with Crippen LogP contribution in [0, 0.1) is 0 Å². The van der Waals surface area contributed by atoms with E-state index in [0.717, 1.165) is 18.3 Å². The molecule has 0 aliphatic carbocycles. The van der Waals surface area contributed by atoms with Crippen molar-refractivity contribution in [1.29, 1.82) is 0 Å². The van der Waals surface area contributed by atoms with Crippen molar-refractivity contribution in [1.82, 2.24) is 19.5 Å². The number of carbonyl (C=O) groups is 1. The summed E-state index contributed by atoms with van der Waals surface area (Å²) in [6.45, 7) is 0.710. The molecule has 0 fully saturated rings. The standard InChI is InChI=1S/C10H10N4O/c15-7-10-13-2-4-14(10)3-1-9-5-11-8-12-6-9/h2,4-8H,1,3H2. The maximum atomic E-state index is 10.6. The normalized spacial score (nSPS) is 10.1. The molecule has 0 N–H and O–H groups in total. The lowest BCUT2D eigenvalue weighted by atomic mass is 10.2. The minimum absolute atomic E-state index is 0.451. The van der Waals surface area contributed by atoms with Crippen LogP contribution >= 0.6 is 0 Å². The lowest BCUT2D eigenvalue weighted by Gasteiger charge is -2.03. The fourth-order valence-electron chi connectivity index (χ4n) is 1.34. The molecule has 2 aromatic heterocycles. The van der Waals surface area contributed by atoms with Gasteiger partial charge in [0.25, 0.3) is 0 Å². The van der Waals surface area contributed by atoms with E-state index in [4.69, 9.17) is 0 Å². The fraction of sp³-hybridized carbons (Fsp3) is 0.200. The number of aromatic nitrogens is 4. The number of hydrogen-bond acceptors (Lipinski definition) is 4. The fourth-order valence-corrected chi connectivity index (χ4v) is 1.34. The van der Waals surface area contributed by atoms with Crippen LogP contribution in [0.25, 0.3) is 0 Å². The number of nitrogens with zero attached hydrogens (tertiary/aromatic N) is 4. The van der Waals surface area contributed by atoms with E-state index < -0.39 is 0 Å². The zero-order valence-electron chi connectivity index (χ0n) is 8.08. The SMILES string of the molecule is O=Cc1nccn1CCc1cncnc1. The molecule has 5 heteroatoms. The molecule has 0 saturated carbocycles. The summed E-state index contributed by atoms with van der Waals surface area (Å²) in [4.78, 5) is 22.3. The second-order valence-corrected chi connectivity index (χ2v) is 3.09. The van der Waals surface area contributed by atoms with Crippen molar-refractivity contribution in [2.75, 3.05) is 0 Å². The molecule has 0 unspecified atom stereocenters. The minimum Gasteiger partial charge on any atom is -0.328 e. The summed E-state index contributed by atoms with van der Waals surface area (Å²) in [5.74, 6) is 0.451. The molecule has 0 atom stereocenters. The van der Waals surface area contributed by atoms with Crippen LogP contribution in [0.4, 0.5) is 0 Å². The molecule has 76 valence electrons. The summed E-state index contributed by atoms with van der Waals surface area (Å²) in [7, 11) is 0. The van der Waals surface area contributed by atoms with Crippen LogP contribution < -0.4 is 0 Å². The van der Waals surface area contributed by atoms with E-state index in [-0.39, 0.29) is 0 Å². The van der Waals surface area contributed by atoms with Gasteiger partial charge in [-0.25, -0.2) is 15.0 Å². The smallest absolute Gasteiger partial charge is 0.185 e. The first-order valence-corrected chi connectivity index (χ1v) is 4.60. The lowest BCUT2D eigenvalue weighted by Crippen LogP contribution is -2.04. The van der Waals surface area contributed by atoms with Crippen molar-refractivity contribution in [3.05, 3.63) is 42.5 Å². The molecule has 2 heterocycles. The highest BCUT2D eigenvalue weighted by Crippen LogP contribution is 2.00. The molecular weight excluding hydrogens is 192 g/mol. The minimum atomic E-state index is 0.451. The Kier molecular flexibility index (Phi) is 2.82. The summed E-state index contributed by atoms with van der Waals surface area (Å²) in [5.41, 5.74) is 1.04. The second-order valence-electron chi connectivity index (χ2n) is 3.09. The highest BCUT2D eigenvalue weighted by Gasteiger charge is 2.00. The van der Waals surface area contributed by atoms with Crippen LogP contribution in [0.15, 0.2) is 31.1 Å². The van der Waals surface area contributed by atoms with Gasteiger partial charge in [0.2, 0.25) is 0 Å². The van der Waals surface area contributed by atoms with Gasteiger partial charge in [-0.3, -0.25) is 4.79 Å². The third-order valence-corrected chi connectivity index (χ3v) is 2.11. The Balaban J connectivity index is 2.02. The van der Waals surface area contributed by atoms with Crippen molar-refractivity contribution in [3.63, 3.8) is 0 Å². The maximum Gasteiger partial charge on any atom is 0.185 e. The number of aryl methyl sites for hydroxylation is 2. The predicted octanol–water partition coefficient (Wildman–Crippen LogP) is 0.728. The maximum absolute atomic E-state index is 10.6. The molecule has 0 saturated heterocycles. The summed E-state index contributed by atoms with van der Waals surface area (Å²) in [6, 6.07) is 0. The molecule has 0 aliphatic heterocycles. The van der Waals surface area contributed by atoms with Gasteiger partial charge < -0.3 is 4.57 Å². The summed E-state index contributed by atoms with van der Waals surface area (Å²) in [5, 5.41) is 0. The first kappa shape index (κ1) is 9.51. The molecule has 5 nitrogen and oxygen atoms in total. The van der Waals surface area contributed by atoms with Gasteiger partial charge in [-0.2, -0.15) is 0 Å². The first-order valence-electron chi connectivity index (χ1n) is 4.60. The Bertz CT molecular complexity index is 438. The zero-order chi connectivity index (χ0) is 10.5. The van der Waals surface area contributed by atoms with Gasteiger partial charge in [0.1, 0.15) is 6.33 Å². The Morgan fingerprint density at radius 2 is 2.13 bits per heavy atom. The Hall–Kier alpha value is -2.04. The van der Waals surface area contributed by atoms with Crippen molar-refractivity contribution in [2.24, 2.45) is 0 Å². The largest absolute Gasteiger partial charge is 0.328 e. The summed E-state index contributed by atoms with van der Waals surface area (Å²) in [6.07, 6.45) is 9.98. The monoisotopic (exact) mass is 202 g/mol. The van der Waals surface area contributed by atoms with Crippen molar-refractivity contribution in [2.45, 2.75) is 13.0 Å². The number of hydrogen-bond donors (Lipinski definition) is 0. The van der Waals surface area contributed by atoms with E-state index in [1.165, 1.54) is 6.33 Å². The van der Waals surface area contributed by atoms with E-state index in [1.54, 1.807) is 29.4 Å². The van der Waals surface area contributed by atoms with Gasteiger partial charge in [0.05, 0.1) is 0 Å². The molecule has 2 rings (SSSR count). The number of aldehydes is 1. The van der Waals surface area contributed by atoms with Crippen LogP contribution in [-0.4, -0.2) is 25.8 Å². The van der Waals surface area contributed by atoms with Crippen molar-refractivity contribution in [3.8, 4) is 0 Å². The van der Waals surface area contributed by atoms with Crippen LogP contribution in [0.5, 0.6) is 0 Å². The van der Waals surface area contributed by atoms with E-state index in [2.05, 4.69) is 15.0 Å². The quantitative estimate of drug-likeness (QED) is 0.686. The third-order valence-electron chi connectivity index (χ3n) is 2.11. The molecule has 0 aliphatic rings. The summed E-state index contributed by atoms with van der Waals surface area (Å²) < 4.78 is 1.81. The van der Waals surface area contributed by atoms with Gasteiger partial charge in [-0.15, -0.1) is 0 Å². The van der Waals surface area contributed by atoms with Gasteiger partial charge >= 0.3 is 0 Å². The van der Waals surface area contributed by atoms with Crippen molar-refractivity contribution >= 4 is 6.29 Å². The number of imidazole rings is 1. The highest BCUT2D eigenvalue weighted by molar-refractivity contribution is 5.69. The van der Waals surface area contributed by atoms with Gasteiger partial charge in [-0.05, 0) is 12.0 Å². The molecule has 2 aromatic rings. The Labute approximate surface area is 86.8 Å². The average molecular weight is 202 g/mol. The second kappa shape index (κ2) is 4.45. The van der Waals surface area contributed by atoms with Gasteiger partial charge in [0.15, 0.2) is 12.1 Å². The molecule has 0 radical (unpaired) electrons. The highest BCUT2D eigenvalue weighted by atomic mass is 16.1. The molecule has 0 spiro atoms. The van der Waals surface area contributed by atoms with Crippen LogP contribution in [0.1, 0.15) is 16.2 Å². The zero-order valence-corrected chi connectivity index (χ0v) is 8.08. The van der Waals surface area contributed by atoms with Crippen LogP contribution in [-0.2, 0) is 13.0 Å². The van der Waals surface area contributed by atoms with Gasteiger partial charge in [-0.1, -0.05) is 0 Å². The molecular formula is C10H10N4O.